The number of aromatic nitrogens is 7. The summed E-state index contributed by atoms with van der Waals surface area (Å²) < 4.78 is 14.6. The zero-order valence-corrected chi connectivity index (χ0v) is 20.8. The normalized spacial score (nSPS) is 11.2. The number of pyridine rings is 3. The van der Waals surface area contributed by atoms with Crippen LogP contribution in [-0.2, 0) is 0 Å². The summed E-state index contributed by atoms with van der Waals surface area (Å²) in [4.78, 5) is 33.8. The van der Waals surface area contributed by atoms with E-state index in [-0.39, 0.29) is 11.7 Å². The Bertz CT molecular complexity index is 2030. The van der Waals surface area contributed by atoms with Crippen molar-refractivity contribution in [1.82, 2.24) is 35.1 Å². The molecule has 1 amide bonds. The monoisotopic (exact) mass is 526 g/mol. The second-order valence-corrected chi connectivity index (χ2v) is 9.09. The van der Waals surface area contributed by atoms with Gasteiger partial charge in [-0.05, 0) is 36.4 Å². The van der Waals surface area contributed by atoms with Crippen LogP contribution in [0.5, 0.6) is 0 Å². The van der Waals surface area contributed by atoms with Crippen molar-refractivity contribution in [2.24, 2.45) is 0 Å². The number of rotatable bonds is 5. The van der Waals surface area contributed by atoms with Crippen molar-refractivity contribution >= 4 is 33.7 Å². The molecule has 40 heavy (non-hydrogen) atoms. The van der Waals surface area contributed by atoms with Gasteiger partial charge in [-0.15, -0.1) is 0 Å². The Hall–Kier alpha value is -5.77. The van der Waals surface area contributed by atoms with Gasteiger partial charge >= 0.3 is 0 Å². The smallest absolute Gasteiger partial charge is 0.255 e. The van der Waals surface area contributed by atoms with Crippen LogP contribution in [0.25, 0.3) is 56.0 Å². The molecule has 0 radical (unpaired) electrons. The summed E-state index contributed by atoms with van der Waals surface area (Å²) in [6.45, 7) is 0. The van der Waals surface area contributed by atoms with Crippen LogP contribution >= 0.6 is 0 Å². The van der Waals surface area contributed by atoms with E-state index in [2.05, 4.69) is 35.5 Å². The van der Waals surface area contributed by atoms with Gasteiger partial charge in [0.05, 0.1) is 29.3 Å². The van der Waals surface area contributed by atoms with Crippen molar-refractivity contribution in [3.05, 3.63) is 109 Å². The number of nitrogens with one attached hydrogen (secondary N) is 3. The maximum absolute atomic E-state index is 14.6. The number of halogens is 1. The SMILES string of the molecule is O=C(Nc1cncc(-c2cc3c(-c4nc5c(-c6ccccc6F)ccnc5[nH]4)n[nH]c3cn2)c1)c1ccccc1. The Morgan fingerprint density at radius 2 is 1.73 bits per heavy atom. The molecule has 7 aromatic rings. The maximum Gasteiger partial charge on any atom is 0.255 e. The molecule has 0 unspecified atom stereocenters. The molecule has 7 rings (SSSR count). The highest BCUT2D eigenvalue weighted by molar-refractivity contribution is 6.04. The molecule has 9 nitrogen and oxygen atoms in total. The highest BCUT2D eigenvalue weighted by Crippen LogP contribution is 2.32. The topological polar surface area (TPSA) is 125 Å². The second-order valence-electron chi connectivity index (χ2n) is 9.09. The van der Waals surface area contributed by atoms with Crippen LogP contribution in [0.2, 0.25) is 0 Å². The Balaban J connectivity index is 1.26. The number of anilines is 1. The van der Waals surface area contributed by atoms with Crippen LogP contribution in [0.4, 0.5) is 10.1 Å². The standard InChI is InChI=1S/C30H19FN8O/c31-23-9-5-4-8-20(23)21-10-11-33-28-26(21)36-29(37-28)27-22-13-24(34-16-25(22)38-39-27)18-12-19(15-32-14-18)35-30(40)17-6-2-1-3-7-17/h1-16H,(H,35,40)(H,38,39)(H,33,36,37). The minimum absolute atomic E-state index is 0.228. The Kier molecular flexibility index (Phi) is 5.56. The first-order valence-corrected chi connectivity index (χ1v) is 12.4. The number of hydrogen-bond acceptors (Lipinski definition) is 6. The van der Waals surface area contributed by atoms with E-state index in [4.69, 9.17) is 4.98 Å². The van der Waals surface area contributed by atoms with Crippen molar-refractivity contribution in [3.63, 3.8) is 0 Å². The molecule has 5 heterocycles. The predicted octanol–water partition coefficient (Wildman–Crippen LogP) is 6.02. The molecule has 0 aliphatic heterocycles. The largest absolute Gasteiger partial charge is 0.321 e. The van der Waals surface area contributed by atoms with Gasteiger partial charge in [-0.25, -0.2) is 14.4 Å². The van der Waals surface area contributed by atoms with E-state index in [0.29, 0.717) is 61.8 Å². The van der Waals surface area contributed by atoms with Crippen molar-refractivity contribution in [1.29, 1.82) is 0 Å². The molecule has 3 N–H and O–H groups in total. The summed E-state index contributed by atoms with van der Waals surface area (Å²) in [5.41, 5.74) is 5.87. The first-order valence-electron chi connectivity index (χ1n) is 12.4. The summed E-state index contributed by atoms with van der Waals surface area (Å²) in [5.74, 6) is -0.0821. The summed E-state index contributed by atoms with van der Waals surface area (Å²) in [6, 6.07) is 21.0. The minimum Gasteiger partial charge on any atom is -0.321 e. The molecule has 192 valence electrons. The first kappa shape index (κ1) is 23.4. The lowest BCUT2D eigenvalue weighted by atomic mass is 10.1. The molecule has 0 spiro atoms. The molecule has 5 aromatic heterocycles. The molecule has 0 atom stereocenters. The van der Waals surface area contributed by atoms with E-state index in [1.807, 2.05) is 30.3 Å². The molecule has 0 bridgehead atoms. The third-order valence-electron chi connectivity index (χ3n) is 6.55. The average Bonchev–Trinajstić information content (AvgIpc) is 3.62. The first-order chi connectivity index (χ1) is 19.6. The molecule has 0 fully saturated rings. The number of nitrogens with zero attached hydrogens (tertiary/aromatic N) is 5. The molecule has 0 aliphatic carbocycles. The fourth-order valence-corrected chi connectivity index (χ4v) is 4.62. The zero-order chi connectivity index (χ0) is 27.1. The lowest BCUT2D eigenvalue weighted by Gasteiger charge is -2.07. The zero-order valence-electron chi connectivity index (χ0n) is 20.8. The van der Waals surface area contributed by atoms with E-state index in [1.54, 1.807) is 61.2 Å². The number of imidazole rings is 1. The molecule has 0 saturated heterocycles. The van der Waals surface area contributed by atoms with Crippen LogP contribution in [-0.4, -0.2) is 41.0 Å². The van der Waals surface area contributed by atoms with Crippen LogP contribution < -0.4 is 5.32 Å². The van der Waals surface area contributed by atoms with Crippen LogP contribution in [0.1, 0.15) is 10.4 Å². The molecular formula is C30H19FN8O. The summed E-state index contributed by atoms with van der Waals surface area (Å²) in [5, 5.41) is 11.1. The van der Waals surface area contributed by atoms with E-state index in [1.165, 1.54) is 6.07 Å². The lowest BCUT2D eigenvalue weighted by molar-refractivity contribution is 0.102. The van der Waals surface area contributed by atoms with E-state index >= 15 is 0 Å². The van der Waals surface area contributed by atoms with Crippen molar-refractivity contribution in [2.45, 2.75) is 0 Å². The van der Waals surface area contributed by atoms with Gasteiger partial charge in [0.25, 0.3) is 5.91 Å². The lowest BCUT2D eigenvalue weighted by Crippen LogP contribution is -2.11. The van der Waals surface area contributed by atoms with Gasteiger partial charge in [0.1, 0.15) is 17.0 Å². The quantitative estimate of drug-likeness (QED) is 0.252. The Morgan fingerprint density at radius 1 is 0.875 bits per heavy atom. The van der Waals surface area contributed by atoms with Crippen molar-refractivity contribution in [3.8, 4) is 33.9 Å². The number of hydrogen-bond donors (Lipinski definition) is 3. The minimum atomic E-state index is -0.337. The van der Waals surface area contributed by atoms with Crippen LogP contribution in [0.3, 0.4) is 0 Å². The van der Waals surface area contributed by atoms with E-state index in [9.17, 15) is 9.18 Å². The Labute approximate surface area is 226 Å². The molecular weight excluding hydrogens is 507 g/mol. The van der Waals surface area contributed by atoms with Gasteiger partial charge in [0.15, 0.2) is 11.5 Å². The van der Waals surface area contributed by atoms with Gasteiger partial charge in [-0.3, -0.25) is 19.9 Å². The van der Waals surface area contributed by atoms with Crippen LogP contribution in [0, 0.1) is 5.82 Å². The number of benzene rings is 2. The summed E-state index contributed by atoms with van der Waals surface area (Å²) in [6.07, 6.45) is 6.56. The van der Waals surface area contributed by atoms with E-state index < -0.39 is 0 Å². The maximum atomic E-state index is 14.6. The number of fused-ring (bicyclic) bond motifs is 2. The molecule has 10 heteroatoms. The number of carbonyl (C=O) groups is 1. The van der Waals surface area contributed by atoms with Gasteiger partial charge < -0.3 is 10.3 Å². The average molecular weight is 527 g/mol. The number of carbonyl (C=O) groups excluding carboxylic acids is 1. The predicted molar refractivity (Wildman–Crippen MR) is 150 cm³/mol. The number of H-pyrrole nitrogens is 2. The summed E-state index contributed by atoms with van der Waals surface area (Å²) >= 11 is 0. The highest BCUT2D eigenvalue weighted by Gasteiger charge is 2.18. The highest BCUT2D eigenvalue weighted by atomic mass is 19.1. The fourth-order valence-electron chi connectivity index (χ4n) is 4.62. The van der Waals surface area contributed by atoms with Crippen molar-refractivity contribution < 1.29 is 9.18 Å². The van der Waals surface area contributed by atoms with Crippen molar-refractivity contribution in [2.75, 3.05) is 5.32 Å². The molecule has 2 aromatic carbocycles. The van der Waals surface area contributed by atoms with Gasteiger partial charge in [0.2, 0.25) is 0 Å². The summed E-state index contributed by atoms with van der Waals surface area (Å²) in [7, 11) is 0. The fraction of sp³-hybridized carbons (Fsp3) is 0. The number of amides is 1. The van der Waals surface area contributed by atoms with Crippen LogP contribution in [0.15, 0.2) is 97.6 Å². The number of aromatic amines is 2. The van der Waals surface area contributed by atoms with E-state index in [0.717, 1.165) is 5.39 Å². The third-order valence-corrected chi connectivity index (χ3v) is 6.55. The third kappa shape index (κ3) is 4.13. The van der Waals surface area contributed by atoms with Gasteiger partial charge in [-0.2, -0.15) is 5.10 Å². The molecule has 0 aliphatic rings. The Morgan fingerprint density at radius 3 is 2.60 bits per heavy atom. The second kappa shape index (κ2) is 9.52. The van der Waals surface area contributed by atoms with Gasteiger partial charge in [0, 0.05) is 40.0 Å². The van der Waals surface area contributed by atoms with Gasteiger partial charge in [-0.1, -0.05) is 36.4 Å². The molecule has 0 saturated carbocycles.